The fourth-order valence-corrected chi connectivity index (χ4v) is 3.94. The third-order valence-corrected chi connectivity index (χ3v) is 5.50. The monoisotopic (exact) mass is 387 g/mol. The van der Waals surface area contributed by atoms with Crippen molar-refractivity contribution in [1.82, 2.24) is 5.48 Å². The van der Waals surface area contributed by atoms with Crippen LogP contribution in [0.1, 0.15) is 17.0 Å². The van der Waals surface area contributed by atoms with E-state index in [9.17, 15) is 10.0 Å². The summed E-state index contributed by atoms with van der Waals surface area (Å²) >= 11 is 0. The zero-order chi connectivity index (χ0) is 20.1. The first kappa shape index (κ1) is 19.0. The molecule has 29 heavy (non-hydrogen) atoms. The summed E-state index contributed by atoms with van der Waals surface area (Å²) in [5.74, 6) is -0.967. The van der Waals surface area contributed by atoms with Crippen LogP contribution in [0.2, 0.25) is 0 Å². The quantitative estimate of drug-likeness (QED) is 0.518. The smallest absolute Gasteiger partial charge is 0.255 e. The molecule has 0 radical (unpaired) electrons. The molecule has 1 atom stereocenters. The van der Waals surface area contributed by atoms with Gasteiger partial charge >= 0.3 is 0 Å². The van der Waals surface area contributed by atoms with Gasteiger partial charge in [-0.25, -0.2) is 5.48 Å². The van der Waals surface area contributed by atoms with Crippen molar-refractivity contribution in [3.63, 3.8) is 0 Å². The SMILES string of the molecule is O=C(NO)C(c1ccccc1)c1ccc(N2CCN(c3ccccc3)CC2)cc1. The number of piperazine rings is 1. The van der Waals surface area contributed by atoms with E-state index in [-0.39, 0.29) is 0 Å². The van der Waals surface area contributed by atoms with Gasteiger partial charge in [0.1, 0.15) is 0 Å². The highest BCUT2D eigenvalue weighted by Gasteiger charge is 2.23. The van der Waals surface area contributed by atoms with Crippen LogP contribution in [-0.2, 0) is 4.79 Å². The van der Waals surface area contributed by atoms with E-state index in [2.05, 4.69) is 46.2 Å². The van der Waals surface area contributed by atoms with Gasteiger partial charge in [-0.1, -0.05) is 60.7 Å². The third kappa shape index (κ3) is 4.25. The summed E-state index contributed by atoms with van der Waals surface area (Å²) in [6, 6.07) is 28.1. The second-order valence-corrected chi connectivity index (χ2v) is 7.22. The van der Waals surface area contributed by atoms with Crippen molar-refractivity contribution in [2.24, 2.45) is 0 Å². The van der Waals surface area contributed by atoms with Crippen LogP contribution >= 0.6 is 0 Å². The zero-order valence-corrected chi connectivity index (χ0v) is 16.2. The van der Waals surface area contributed by atoms with Crippen molar-refractivity contribution in [3.05, 3.63) is 96.1 Å². The predicted molar refractivity (Wildman–Crippen MR) is 116 cm³/mol. The molecule has 2 N–H and O–H groups in total. The Bertz CT molecular complexity index is 921. The predicted octanol–water partition coefficient (Wildman–Crippen LogP) is 3.65. The Balaban J connectivity index is 1.47. The topological polar surface area (TPSA) is 55.8 Å². The molecule has 0 saturated carbocycles. The largest absolute Gasteiger partial charge is 0.368 e. The number of hydroxylamine groups is 1. The number of para-hydroxylation sites is 1. The number of hydrogen-bond acceptors (Lipinski definition) is 4. The molecule has 1 aliphatic heterocycles. The Kier molecular flexibility index (Phi) is 5.77. The van der Waals surface area contributed by atoms with Crippen molar-refractivity contribution in [1.29, 1.82) is 0 Å². The van der Waals surface area contributed by atoms with Crippen LogP contribution in [-0.4, -0.2) is 37.3 Å². The van der Waals surface area contributed by atoms with Crippen molar-refractivity contribution in [2.45, 2.75) is 5.92 Å². The summed E-state index contributed by atoms with van der Waals surface area (Å²) in [6.45, 7) is 3.86. The molecule has 1 unspecified atom stereocenters. The molecule has 0 aromatic heterocycles. The van der Waals surface area contributed by atoms with Crippen molar-refractivity contribution in [2.75, 3.05) is 36.0 Å². The summed E-state index contributed by atoms with van der Waals surface area (Å²) < 4.78 is 0. The Morgan fingerprint density at radius 1 is 0.690 bits per heavy atom. The number of anilines is 2. The van der Waals surface area contributed by atoms with Crippen LogP contribution in [0.15, 0.2) is 84.9 Å². The maximum atomic E-state index is 12.3. The van der Waals surface area contributed by atoms with Gasteiger partial charge in [-0.15, -0.1) is 0 Å². The van der Waals surface area contributed by atoms with Crippen LogP contribution in [0.5, 0.6) is 0 Å². The zero-order valence-electron chi connectivity index (χ0n) is 16.2. The fourth-order valence-electron chi connectivity index (χ4n) is 3.94. The molecule has 5 nitrogen and oxygen atoms in total. The van der Waals surface area contributed by atoms with Gasteiger partial charge in [0.05, 0.1) is 5.92 Å². The van der Waals surface area contributed by atoms with E-state index >= 15 is 0 Å². The lowest BCUT2D eigenvalue weighted by Crippen LogP contribution is -2.46. The highest BCUT2D eigenvalue weighted by Crippen LogP contribution is 2.28. The molecule has 1 saturated heterocycles. The van der Waals surface area contributed by atoms with Gasteiger partial charge in [-0.2, -0.15) is 0 Å². The number of amides is 1. The van der Waals surface area contributed by atoms with Gasteiger partial charge in [0.15, 0.2) is 0 Å². The first-order valence-corrected chi connectivity index (χ1v) is 9.90. The lowest BCUT2D eigenvalue weighted by atomic mass is 9.90. The van der Waals surface area contributed by atoms with Crippen LogP contribution in [0.25, 0.3) is 0 Å². The van der Waals surface area contributed by atoms with Gasteiger partial charge in [-0.05, 0) is 35.4 Å². The molecule has 1 heterocycles. The van der Waals surface area contributed by atoms with Gasteiger partial charge in [0.2, 0.25) is 0 Å². The summed E-state index contributed by atoms with van der Waals surface area (Å²) in [7, 11) is 0. The molecule has 1 amide bonds. The second-order valence-electron chi connectivity index (χ2n) is 7.22. The Labute approximate surface area is 171 Å². The first-order valence-electron chi connectivity index (χ1n) is 9.90. The summed E-state index contributed by atoms with van der Waals surface area (Å²) in [5.41, 5.74) is 5.93. The molecule has 3 aromatic rings. The minimum atomic E-state index is -0.537. The maximum Gasteiger partial charge on any atom is 0.255 e. The van der Waals surface area contributed by atoms with Crippen LogP contribution in [0, 0.1) is 0 Å². The lowest BCUT2D eigenvalue weighted by molar-refractivity contribution is -0.129. The number of hydrogen-bond donors (Lipinski definition) is 2. The third-order valence-electron chi connectivity index (χ3n) is 5.50. The minimum Gasteiger partial charge on any atom is -0.368 e. The number of carbonyl (C=O) groups is 1. The average Bonchev–Trinajstić information content (AvgIpc) is 2.81. The van der Waals surface area contributed by atoms with Gasteiger partial charge in [0, 0.05) is 37.6 Å². The van der Waals surface area contributed by atoms with E-state index in [0.717, 1.165) is 43.0 Å². The average molecular weight is 387 g/mol. The summed E-state index contributed by atoms with van der Waals surface area (Å²) in [5, 5.41) is 9.19. The molecular formula is C24H25N3O2. The van der Waals surface area contributed by atoms with E-state index < -0.39 is 11.8 Å². The molecule has 4 rings (SSSR count). The maximum absolute atomic E-state index is 12.3. The van der Waals surface area contributed by atoms with E-state index in [1.165, 1.54) is 5.69 Å². The Morgan fingerprint density at radius 2 is 1.14 bits per heavy atom. The molecule has 5 heteroatoms. The molecule has 0 spiro atoms. The van der Waals surface area contributed by atoms with E-state index in [1.54, 1.807) is 5.48 Å². The van der Waals surface area contributed by atoms with Gasteiger partial charge in [-0.3, -0.25) is 10.0 Å². The van der Waals surface area contributed by atoms with E-state index in [0.29, 0.717) is 0 Å². The van der Waals surface area contributed by atoms with Crippen molar-refractivity contribution in [3.8, 4) is 0 Å². The van der Waals surface area contributed by atoms with Crippen LogP contribution < -0.4 is 15.3 Å². The molecule has 0 bridgehead atoms. The normalized spacial score (nSPS) is 15.1. The number of benzene rings is 3. The van der Waals surface area contributed by atoms with Gasteiger partial charge < -0.3 is 9.80 Å². The highest BCUT2D eigenvalue weighted by molar-refractivity contribution is 5.86. The minimum absolute atomic E-state index is 0.430. The van der Waals surface area contributed by atoms with Crippen molar-refractivity contribution < 1.29 is 10.0 Å². The first-order chi connectivity index (χ1) is 14.3. The Hall–Kier alpha value is -3.31. The number of rotatable bonds is 5. The summed E-state index contributed by atoms with van der Waals surface area (Å²) in [4.78, 5) is 17.1. The van der Waals surface area contributed by atoms with Crippen LogP contribution in [0.3, 0.4) is 0 Å². The molecule has 148 valence electrons. The highest BCUT2D eigenvalue weighted by atomic mass is 16.5. The molecule has 1 aliphatic rings. The van der Waals surface area contributed by atoms with Gasteiger partial charge in [0.25, 0.3) is 5.91 Å². The molecule has 0 aliphatic carbocycles. The van der Waals surface area contributed by atoms with Crippen LogP contribution in [0.4, 0.5) is 11.4 Å². The summed E-state index contributed by atoms with van der Waals surface area (Å²) in [6.07, 6.45) is 0. The lowest BCUT2D eigenvalue weighted by Gasteiger charge is -2.37. The standard InChI is InChI=1S/C24H25N3O2/c28-24(25-29)23(19-7-3-1-4-8-19)20-11-13-22(14-12-20)27-17-15-26(16-18-27)21-9-5-2-6-10-21/h1-14,23,29H,15-18H2,(H,25,28). The number of carbonyl (C=O) groups excluding carboxylic acids is 1. The second kappa shape index (κ2) is 8.80. The number of nitrogens with one attached hydrogen (secondary N) is 1. The molecule has 1 fully saturated rings. The number of nitrogens with zero attached hydrogens (tertiary/aromatic N) is 2. The molecular weight excluding hydrogens is 362 g/mol. The fraction of sp³-hybridized carbons (Fsp3) is 0.208. The van der Waals surface area contributed by atoms with E-state index in [4.69, 9.17) is 0 Å². The Morgan fingerprint density at radius 3 is 1.66 bits per heavy atom. The molecule has 3 aromatic carbocycles. The van der Waals surface area contributed by atoms with E-state index in [1.807, 2.05) is 48.5 Å². The van der Waals surface area contributed by atoms with Crippen molar-refractivity contribution >= 4 is 17.3 Å².